The lowest BCUT2D eigenvalue weighted by Crippen LogP contribution is -2.08. The number of ether oxygens (including phenoxy) is 1. The molecule has 1 aliphatic heterocycles. The number of hydrogen-bond acceptors (Lipinski definition) is 7. The zero-order chi connectivity index (χ0) is 16.5. The van der Waals surface area contributed by atoms with Gasteiger partial charge < -0.3 is 14.5 Å². The number of hydrogen-bond donors (Lipinski definition) is 1. The molecule has 1 saturated heterocycles. The fourth-order valence-corrected chi connectivity index (χ4v) is 2.89. The first-order valence-electron chi connectivity index (χ1n) is 7.54. The molecule has 1 unspecified atom stereocenters. The molecule has 1 aliphatic rings. The highest BCUT2D eigenvalue weighted by Crippen LogP contribution is 2.29. The van der Waals surface area contributed by atoms with Crippen LogP contribution in [0.5, 0.6) is 0 Å². The molecule has 0 spiro atoms. The molecule has 24 heavy (non-hydrogen) atoms. The molecule has 0 aromatic carbocycles. The maximum atomic E-state index is 10.7. The largest absolute Gasteiger partial charge is 0.456 e. The van der Waals surface area contributed by atoms with Crippen LogP contribution < -0.4 is 5.32 Å². The van der Waals surface area contributed by atoms with Gasteiger partial charge in [0.1, 0.15) is 12.0 Å². The molecular formula is C15H14ClN5O3. The summed E-state index contributed by atoms with van der Waals surface area (Å²) < 4.78 is 12.9. The summed E-state index contributed by atoms with van der Waals surface area (Å²) in [7, 11) is 0. The number of anilines is 1. The second kappa shape index (κ2) is 6.21. The molecule has 1 N–H and O–H groups in total. The van der Waals surface area contributed by atoms with Gasteiger partial charge in [0.25, 0.3) is 0 Å². The number of nitrogens with one attached hydrogen (secondary N) is 1. The lowest BCUT2D eigenvalue weighted by atomic mass is 10.3. The first-order valence-corrected chi connectivity index (χ1v) is 7.92. The van der Waals surface area contributed by atoms with Crippen molar-refractivity contribution in [3.05, 3.63) is 35.3 Å². The van der Waals surface area contributed by atoms with Crippen molar-refractivity contribution in [3.8, 4) is 0 Å². The van der Waals surface area contributed by atoms with E-state index >= 15 is 0 Å². The average molecular weight is 348 g/mol. The van der Waals surface area contributed by atoms with Crippen molar-refractivity contribution in [2.45, 2.75) is 25.6 Å². The van der Waals surface area contributed by atoms with E-state index in [0.717, 1.165) is 19.4 Å². The Morgan fingerprint density at radius 2 is 2.33 bits per heavy atom. The van der Waals surface area contributed by atoms with E-state index in [0.29, 0.717) is 35.6 Å². The van der Waals surface area contributed by atoms with Gasteiger partial charge in [-0.15, -0.1) is 0 Å². The molecule has 3 aromatic heterocycles. The van der Waals surface area contributed by atoms with Gasteiger partial charge in [0.05, 0.1) is 12.9 Å². The molecular weight excluding hydrogens is 334 g/mol. The third-order valence-corrected chi connectivity index (χ3v) is 4.01. The fraction of sp³-hybridized carbons (Fsp3) is 0.333. The minimum absolute atomic E-state index is 0.0750. The number of rotatable bonds is 5. The summed E-state index contributed by atoms with van der Waals surface area (Å²) in [5.74, 6) is 1.39. The second-order valence-corrected chi connectivity index (χ2v) is 5.75. The summed E-state index contributed by atoms with van der Waals surface area (Å²) in [4.78, 5) is 23.5. The van der Waals surface area contributed by atoms with Crippen LogP contribution in [0.4, 0.5) is 5.82 Å². The zero-order valence-corrected chi connectivity index (χ0v) is 13.4. The Balaban J connectivity index is 1.63. The van der Waals surface area contributed by atoms with Crippen molar-refractivity contribution < 1.29 is 13.9 Å². The molecule has 0 aliphatic carbocycles. The monoisotopic (exact) mass is 347 g/mol. The number of carbonyl (C=O) groups excluding carboxylic acids is 1. The Bertz CT molecular complexity index is 884. The minimum Gasteiger partial charge on any atom is -0.456 e. The van der Waals surface area contributed by atoms with Crippen LogP contribution in [0.2, 0.25) is 5.28 Å². The summed E-state index contributed by atoms with van der Waals surface area (Å²) in [5.41, 5.74) is 1.23. The predicted octanol–water partition coefficient (Wildman–Crippen LogP) is 2.81. The summed E-state index contributed by atoms with van der Waals surface area (Å²) in [5, 5.41) is 3.25. The standard InChI is InChI=1S/C15H14ClN5O3/c16-15-19-13(17-6-9-3-4-10(7-22)24-9)12-14(20-15)21(8-18-12)11-2-1-5-23-11/h3-4,7-8,11H,1-2,5-6H2,(H,17,19,20). The molecule has 4 heterocycles. The molecule has 0 bridgehead atoms. The molecule has 9 heteroatoms. The van der Waals surface area contributed by atoms with E-state index < -0.39 is 0 Å². The van der Waals surface area contributed by atoms with Crippen LogP contribution in [0.25, 0.3) is 11.2 Å². The van der Waals surface area contributed by atoms with E-state index in [4.69, 9.17) is 20.8 Å². The van der Waals surface area contributed by atoms with Crippen molar-refractivity contribution >= 4 is 34.9 Å². The molecule has 3 aromatic rings. The van der Waals surface area contributed by atoms with Gasteiger partial charge in [-0.05, 0) is 36.6 Å². The molecule has 8 nitrogen and oxygen atoms in total. The van der Waals surface area contributed by atoms with Crippen LogP contribution in [0, 0.1) is 0 Å². The SMILES string of the molecule is O=Cc1ccc(CNc2nc(Cl)nc3c2ncn3C2CCCO2)o1. The highest BCUT2D eigenvalue weighted by Gasteiger charge is 2.22. The van der Waals surface area contributed by atoms with Crippen LogP contribution in [0.1, 0.15) is 35.4 Å². The number of nitrogens with zero attached hydrogens (tertiary/aromatic N) is 4. The molecule has 0 amide bonds. The first kappa shape index (κ1) is 15.1. The Hall–Kier alpha value is -2.45. The Morgan fingerprint density at radius 1 is 1.42 bits per heavy atom. The summed E-state index contributed by atoms with van der Waals surface area (Å²) in [6.45, 7) is 1.08. The van der Waals surface area contributed by atoms with Crippen molar-refractivity contribution in [2.75, 3.05) is 11.9 Å². The smallest absolute Gasteiger partial charge is 0.226 e. The van der Waals surface area contributed by atoms with E-state index in [1.165, 1.54) is 0 Å². The molecule has 4 rings (SSSR count). The van der Waals surface area contributed by atoms with E-state index in [-0.39, 0.29) is 17.3 Å². The van der Waals surface area contributed by atoms with Crippen LogP contribution in [-0.2, 0) is 11.3 Å². The van der Waals surface area contributed by atoms with Crippen molar-refractivity contribution in [3.63, 3.8) is 0 Å². The molecule has 0 saturated carbocycles. The average Bonchev–Trinajstić information content (AvgIpc) is 3.31. The third kappa shape index (κ3) is 2.74. The van der Waals surface area contributed by atoms with Crippen LogP contribution >= 0.6 is 11.6 Å². The van der Waals surface area contributed by atoms with Gasteiger partial charge in [-0.1, -0.05) is 0 Å². The van der Waals surface area contributed by atoms with Crippen molar-refractivity contribution in [1.82, 2.24) is 19.5 Å². The number of aromatic nitrogens is 4. The van der Waals surface area contributed by atoms with Crippen LogP contribution in [-0.4, -0.2) is 32.4 Å². The van der Waals surface area contributed by atoms with E-state index in [1.54, 1.807) is 18.5 Å². The van der Waals surface area contributed by atoms with Gasteiger partial charge in [0, 0.05) is 6.61 Å². The normalized spacial score (nSPS) is 17.5. The highest BCUT2D eigenvalue weighted by atomic mass is 35.5. The van der Waals surface area contributed by atoms with Crippen LogP contribution in [0.15, 0.2) is 22.9 Å². The summed E-state index contributed by atoms with van der Waals surface area (Å²) >= 11 is 6.05. The summed E-state index contributed by atoms with van der Waals surface area (Å²) in [6, 6.07) is 3.33. The topological polar surface area (TPSA) is 95.1 Å². The number of aldehydes is 1. The third-order valence-electron chi connectivity index (χ3n) is 3.84. The maximum Gasteiger partial charge on any atom is 0.226 e. The lowest BCUT2D eigenvalue weighted by molar-refractivity contribution is 0.0593. The fourth-order valence-electron chi connectivity index (χ4n) is 2.73. The number of halogens is 1. The zero-order valence-electron chi connectivity index (χ0n) is 12.6. The van der Waals surface area contributed by atoms with Gasteiger partial charge in [0.15, 0.2) is 29.0 Å². The molecule has 1 fully saturated rings. The Kier molecular flexibility index (Phi) is 3.91. The predicted molar refractivity (Wildman–Crippen MR) is 86.0 cm³/mol. The Labute approximate surface area is 141 Å². The van der Waals surface area contributed by atoms with Gasteiger partial charge in [-0.25, -0.2) is 4.98 Å². The Morgan fingerprint density at radius 3 is 3.08 bits per heavy atom. The molecule has 124 valence electrons. The van der Waals surface area contributed by atoms with Crippen LogP contribution in [0.3, 0.4) is 0 Å². The minimum atomic E-state index is -0.0750. The van der Waals surface area contributed by atoms with Gasteiger partial charge >= 0.3 is 0 Å². The van der Waals surface area contributed by atoms with E-state index in [1.807, 2.05) is 4.57 Å². The molecule has 1 atom stereocenters. The van der Waals surface area contributed by atoms with Gasteiger partial charge in [0.2, 0.25) is 5.28 Å². The second-order valence-electron chi connectivity index (χ2n) is 5.41. The lowest BCUT2D eigenvalue weighted by Gasteiger charge is -2.12. The summed E-state index contributed by atoms with van der Waals surface area (Å²) in [6.07, 6.45) is 4.19. The number of carbonyl (C=O) groups is 1. The first-order chi connectivity index (χ1) is 11.7. The van der Waals surface area contributed by atoms with Gasteiger partial charge in [-0.2, -0.15) is 9.97 Å². The quantitative estimate of drug-likeness (QED) is 0.560. The van der Waals surface area contributed by atoms with E-state index in [2.05, 4.69) is 20.3 Å². The maximum absolute atomic E-state index is 10.7. The molecule has 0 radical (unpaired) electrons. The van der Waals surface area contributed by atoms with Crippen molar-refractivity contribution in [2.24, 2.45) is 0 Å². The van der Waals surface area contributed by atoms with Gasteiger partial charge in [-0.3, -0.25) is 9.36 Å². The number of imidazole rings is 1. The van der Waals surface area contributed by atoms with E-state index in [9.17, 15) is 4.79 Å². The highest BCUT2D eigenvalue weighted by molar-refractivity contribution is 6.28. The number of furan rings is 1. The van der Waals surface area contributed by atoms with Crippen molar-refractivity contribution in [1.29, 1.82) is 0 Å². The number of fused-ring (bicyclic) bond motifs is 1.